The number of furan rings is 1. The van der Waals surface area contributed by atoms with Crippen molar-refractivity contribution in [3.05, 3.63) is 206 Å². The van der Waals surface area contributed by atoms with E-state index in [0.29, 0.717) is 0 Å². The van der Waals surface area contributed by atoms with Gasteiger partial charge in [0.05, 0.1) is 11.0 Å². The molecule has 0 aliphatic rings. The highest BCUT2D eigenvalue weighted by Gasteiger charge is 2.20. The van der Waals surface area contributed by atoms with E-state index >= 15 is 0 Å². The fourth-order valence-corrected chi connectivity index (χ4v) is 10.0. The SMILES string of the molecule is c1ccc(-c2ccc3c(c2)c2ccccc2n3-c2cc(-c3ccc(N(c4ccccc4)c4ccc5c(c4)sc4ccccc45)cc3)c3oc4ccccc4c3c2)cc1. The lowest BCUT2D eigenvalue weighted by Crippen LogP contribution is -2.09. The molecule has 0 atom stereocenters. The molecule has 0 saturated heterocycles. The summed E-state index contributed by atoms with van der Waals surface area (Å²) in [5.74, 6) is 0. The van der Waals surface area contributed by atoms with Gasteiger partial charge in [-0.05, 0) is 95.6 Å². The zero-order chi connectivity index (χ0) is 38.2. The average Bonchev–Trinajstić information content (AvgIpc) is 3.96. The lowest BCUT2D eigenvalue weighted by Gasteiger charge is -2.25. The Morgan fingerprint density at radius 3 is 1.86 bits per heavy atom. The van der Waals surface area contributed by atoms with Gasteiger partial charge in [0.25, 0.3) is 0 Å². The molecule has 0 spiro atoms. The quantitative estimate of drug-likeness (QED) is 0.168. The molecule has 12 aromatic rings. The zero-order valence-corrected chi connectivity index (χ0v) is 32.2. The number of aromatic nitrogens is 1. The Bertz CT molecular complexity index is 3500. The van der Waals surface area contributed by atoms with Crippen molar-refractivity contribution in [3.63, 3.8) is 0 Å². The van der Waals surface area contributed by atoms with Crippen LogP contribution in [0.1, 0.15) is 0 Å². The van der Waals surface area contributed by atoms with Crippen LogP contribution >= 0.6 is 11.3 Å². The molecule has 3 nitrogen and oxygen atoms in total. The lowest BCUT2D eigenvalue weighted by atomic mass is 10.00. The Morgan fingerprint density at radius 2 is 1.02 bits per heavy atom. The van der Waals surface area contributed by atoms with Crippen LogP contribution in [0.15, 0.2) is 211 Å². The fourth-order valence-electron chi connectivity index (χ4n) is 8.88. The second-order valence-corrected chi connectivity index (χ2v) is 16.0. The molecule has 9 aromatic carbocycles. The molecule has 58 heavy (non-hydrogen) atoms. The first-order valence-electron chi connectivity index (χ1n) is 19.7. The highest BCUT2D eigenvalue weighted by molar-refractivity contribution is 7.25. The van der Waals surface area contributed by atoms with Gasteiger partial charge >= 0.3 is 0 Å². The van der Waals surface area contributed by atoms with Gasteiger partial charge in [-0.2, -0.15) is 0 Å². The molecular weight excluding hydrogens is 725 g/mol. The highest BCUT2D eigenvalue weighted by Crippen LogP contribution is 2.44. The molecular formula is C54H34N2OS. The highest BCUT2D eigenvalue weighted by atomic mass is 32.1. The van der Waals surface area contributed by atoms with Gasteiger partial charge < -0.3 is 13.9 Å². The average molecular weight is 759 g/mol. The third-order valence-electron chi connectivity index (χ3n) is 11.6. The zero-order valence-electron chi connectivity index (χ0n) is 31.3. The van der Waals surface area contributed by atoms with Gasteiger partial charge in [-0.1, -0.05) is 127 Å². The molecule has 3 heterocycles. The third-order valence-corrected chi connectivity index (χ3v) is 12.7. The molecule has 12 rings (SSSR count). The maximum Gasteiger partial charge on any atom is 0.143 e. The van der Waals surface area contributed by atoms with Gasteiger partial charge in [0, 0.05) is 70.0 Å². The maximum atomic E-state index is 6.71. The van der Waals surface area contributed by atoms with Crippen molar-refractivity contribution in [3.8, 4) is 27.9 Å². The number of hydrogen-bond donors (Lipinski definition) is 0. The number of anilines is 3. The third kappa shape index (κ3) is 5.19. The van der Waals surface area contributed by atoms with Crippen LogP contribution in [0.5, 0.6) is 0 Å². The first-order chi connectivity index (χ1) is 28.7. The van der Waals surface area contributed by atoms with Crippen molar-refractivity contribution in [2.75, 3.05) is 4.90 Å². The van der Waals surface area contributed by atoms with Crippen molar-refractivity contribution in [1.82, 2.24) is 4.57 Å². The molecule has 3 aromatic heterocycles. The number of rotatable bonds is 6. The van der Waals surface area contributed by atoms with Crippen LogP contribution in [0, 0.1) is 0 Å². The van der Waals surface area contributed by atoms with Crippen LogP contribution in [0.4, 0.5) is 17.1 Å². The summed E-state index contributed by atoms with van der Waals surface area (Å²) >= 11 is 1.85. The van der Waals surface area contributed by atoms with E-state index in [2.05, 4.69) is 210 Å². The molecule has 0 aliphatic carbocycles. The molecule has 0 unspecified atom stereocenters. The van der Waals surface area contributed by atoms with Crippen molar-refractivity contribution in [1.29, 1.82) is 0 Å². The summed E-state index contributed by atoms with van der Waals surface area (Å²) in [6.07, 6.45) is 0. The van der Waals surface area contributed by atoms with E-state index in [-0.39, 0.29) is 0 Å². The van der Waals surface area contributed by atoms with E-state index in [1.54, 1.807) is 0 Å². The first kappa shape index (κ1) is 32.8. The van der Waals surface area contributed by atoms with Crippen LogP contribution in [-0.2, 0) is 0 Å². The molecule has 0 amide bonds. The molecule has 0 aliphatic heterocycles. The van der Waals surface area contributed by atoms with Crippen molar-refractivity contribution < 1.29 is 4.42 Å². The molecule has 0 N–H and O–H groups in total. The Kier molecular flexibility index (Phi) is 7.40. The van der Waals surface area contributed by atoms with Crippen molar-refractivity contribution in [2.45, 2.75) is 0 Å². The van der Waals surface area contributed by atoms with Crippen LogP contribution in [0.25, 0.3) is 91.9 Å². The summed E-state index contributed by atoms with van der Waals surface area (Å²) in [6.45, 7) is 0. The lowest BCUT2D eigenvalue weighted by molar-refractivity contribution is 0.670. The minimum Gasteiger partial charge on any atom is -0.455 e. The van der Waals surface area contributed by atoms with Gasteiger partial charge in [-0.25, -0.2) is 0 Å². The smallest absolute Gasteiger partial charge is 0.143 e. The summed E-state index contributed by atoms with van der Waals surface area (Å²) in [7, 11) is 0. The number of nitrogens with zero attached hydrogens (tertiary/aromatic N) is 2. The number of hydrogen-bond acceptors (Lipinski definition) is 3. The predicted molar refractivity (Wildman–Crippen MR) is 247 cm³/mol. The Hall–Kier alpha value is -7.40. The van der Waals surface area contributed by atoms with E-state index < -0.39 is 0 Å². The minimum atomic E-state index is 0.883. The Balaban J connectivity index is 1.03. The Labute approximate surface area is 338 Å². The number of thiophene rings is 1. The maximum absolute atomic E-state index is 6.71. The van der Waals surface area contributed by atoms with Crippen molar-refractivity contribution in [2.24, 2.45) is 0 Å². The minimum absolute atomic E-state index is 0.883. The van der Waals surface area contributed by atoms with Crippen LogP contribution in [0.3, 0.4) is 0 Å². The van der Waals surface area contributed by atoms with Crippen molar-refractivity contribution >= 4 is 92.3 Å². The van der Waals surface area contributed by atoms with E-state index in [1.807, 2.05) is 17.4 Å². The molecule has 0 radical (unpaired) electrons. The van der Waals surface area contributed by atoms with Crippen LogP contribution in [-0.4, -0.2) is 4.57 Å². The molecule has 0 saturated carbocycles. The molecule has 0 bridgehead atoms. The van der Waals surface area contributed by atoms with Crippen LogP contribution in [0.2, 0.25) is 0 Å². The number of fused-ring (bicyclic) bond motifs is 9. The standard InChI is InChI=1S/C54H34N2OS/c1-3-13-35(14-4-1)37-25-30-50-47(31-37)42-17-7-10-20-49(42)56(50)41-32-46(54-48(33-41)43-18-8-11-21-51(43)57-54)36-23-26-39(27-24-36)55(38-15-5-2-6-16-38)40-28-29-45-44-19-9-12-22-52(44)58-53(45)34-40/h1-34H. The summed E-state index contributed by atoms with van der Waals surface area (Å²) in [5.41, 5.74) is 13.1. The number of para-hydroxylation sites is 3. The van der Waals surface area contributed by atoms with E-state index in [0.717, 1.165) is 55.8 Å². The van der Waals surface area contributed by atoms with E-state index in [9.17, 15) is 0 Å². The number of benzene rings is 9. The molecule has 4 heteroatoms. The molecule has 0 fully saturated rings. The van der Waals surface area contributed by atoms with Gasteiger partial charge in [-0.15, -0.1) is 11.3 Å². The van der Waals surface area contributed by atoms with Gasteiger partial charge in [0.2, 0.25) is 0 Å². The second-order valence-electron chi connectivity index (χ2n) is 14.9. The monoisotopic (exact) mass is 758 g/mol. The first-order valence-corrected chi connectivity index (χ1v) is 20.5. The summed E-state index contributed by atoms with van der Waals surface area (Å²) in [6, 6.07) is 74.4. The fraction of sp³-hybridized carbons (Fsp3) is 0. The normalized spacial score (nSPS) is 11.8. The van der Waals surface area contributed by atoms with Gasteiger partial charge in [0.15, 0.2) is 0 Å². The van der Waals surface area contributed by atoms with Gasteiger partial charge in [-0.3, -0.25) is 0 Å². The molecule has 272 valence electrons. The van der Waals surface area contributed by atoms with Crippen LogP contribution < -0.4 is 4.90 Å². The Morgan fingerprint density at radius 1 is 0.379 bits per heavy atom. The predicted octanol–water partition coefficient (Wildman–Crippen LogP) is 15.9. The second kappa shape index (κ2) is 13.1. The summed E-state index contributed by atoms with van der Waals surface area (Å²) in [5, 5.41) is 7.27. The van der Waals surface area contributed by atoms with E-state index in [1.165, 1.54) is 53.1 Å². The van der Waals surface area contributed by atoms with Gasteiger partial charge in [0.1, 0.15) is 11.2 Å². The summed E-state index contributed by atoms with van der Waals surface area (Å²) < 4.78 is 11.7. The summed E-state index contributed by atoms with van der Waals surface area (Å²) in [4.78, 5) is 2.35. The van der Waals surface area contributed by atoms with E-state index in [4.69, 9.17) is 4.42 Å². The largest absolute Gasteiger partial charge is 0.455 e. The topological polar surface area (TPSA) is 21.3 Å².